The normalized spacial score (nSPS) is 12.9. The molecule has 0 aliphatic heterocycles. The van der Waals surface area contributed by atoms with Gasteiger partial charge >= 0.3 is 0 Å². The lowest BCUT2D eigenvalue weighted by Gasteiger charge is -2.24. The Morgan fingerprint density at radius 2 is 1.94 bits per heavy atom. The first-order chi connectivity index (χ1) is 8.24. The molecule has 0 fully saturated rings. The molecule has 0 bridgehead atoms. The zero-order valence-corrected chi connectivity index (χ0v) is 11.4. The van der Waals surface area contributed by atoms with Crippen LogP contribution in [0.4, 0.5) is 0 Å². The molecule has 0 saturated heterocycles. The monoisotopic (exact) mass is 234 g/mol. The first-order valence-electron chi connectivity index (χ1n) is 6.63. The fourth-order valence-corrected chi connectivity index (χ4v) is 1.97. The van der Waals surface area contributed by atoms with E-state index in [0.717, 1.165) is 6.54 Å². The van der Waals surface area contributed by atoms with Crippen molar-refractivity contribution in [2.75, 3.05) is 27.2 Å². The molecule has 0 radical (unpaired) electrons. The largest absolute Gasteiger partial charge is 0.320 e. The first-order valence-corrected chi connectivity index (χ1v) is 6.63. The molecule has 96 valence electrons. The Hall–Kier alpha value is -0.860. The summed E-state index contributed by atoms with van der Waals surface area (Å²) < 4.78 is 0. The molecule has 1 aromatic carbocycles. The van der Waals surface area contributed by atoms with E-state index in [4.69, 9.17) is 0 Å². The zero-order valence-electron chi connectivity index (χ0n) is 11.4. The molecule has 1 aromatic rings. The van der Waals surface area contributed by atoms with Crippen molar-refractivity contribution in [2.45, 2.75) is 32.2 Å². The third-order valence-corrected chi connectivity index (χ3v) is 3.38. The van der Waals surface area contributed by atoms with Gasteiger partial charge in [-0.3, -0.25) is 0 Å². The standard InChI is InChI=1S/C15H26N2/c1-14(17(3)13-7-12-16-2)10-11-15-8-5-4-6-9-15/h4-6,8-9,14,16H,7,10-13H2,1-3H3. The number of rotatable bonds is 8. The van der Waals surface area contributed by atoms with Crippen LogP contribution in [0, 0.1) is 0 Å². The van der Waals surface area contributed by atoms with Gasteiger partial charge in [0.1, 0.15) is 0 Å². The molecule has 0 heterocycles. The molecule has 0 spiro atoms. The number of hydrogen-bond donors (Lipinski definition) is 1. The maximum Gasteiger partial charge on any atom is 0.00670 e. The van der Waals surface area contributed by atoms with Gasteiger partial charge in [0.2, 0.25) is 0 Å². The summed E-state index contributed by atoms with van der Waals surface area (Å²) in [7, 11) is 4.24. The number of benzene rings is 1. The van der Waals surface area contributed by atoms with Crippen LogP contribution in [0.1, 0.15) is 25.3 Å². The average molecular weight is 234 g/mol. The Bertz CT molecular complexity index is 284. The van der Waals surface area contributed by atoms with Crippen molar-refractivity contribution in [1.29, 1.82) is 0 Å². The lowest BCUT2D eigenvalue weighted by Crippen LogP contribution is -2.31. The minimum atomic E-state index is 0.659. The Morgan fingerprint density at radius 3 is 2.59 bits per heavy atom. The van der Waals surface area contributed by atoms with E-state index >= 15 is 0 Å². The lowest BCUT2D eigenvalue weighted by molar-refractivity contribution is 0.243. The third-order valence-electron chi connectivity index (χ3n) is 3.38. The second kappa shape index (κ2) is 8.26. The molecule has 2 nitrogen and oxygen atoms in total. The number of aryl methyl sites for hydroxylation is 1. The predicted octanol–water partition coefficient (Wildman–Crippen LogP) is 2.55. The molecule has 0 aromatic heterocycles. The highest BCUT2D eigenvalue weighted by atomic mass is 15.1. The molecule has 0 saturated carbocycles. The van der Waals surface area contributed by atoms with Crippen molar-refractivity contribution in [2.24, 2.45) is 0 Å². The van der Waals surface area contributed by atoms with Crippen LogP contribution in [-0.2, 0) is 6.42 Å². The molecular formula is C15H26N2. The summed E-state index contributed by atoms with van der Waals surface area (Å²) in [6, 6.07) is 11.4. The Labute approximate surface area is 106 Å². The highest BCUT2D eigenvalue weighted by molar-refractivity contribution is 5.14. The van der Waals surface area contributed by atoms with Gasteiger partial charge in [-0.25, -0.2) is 0 Å². The minimum absolute atomic E-state index is 0.659. The molecule has 1 N–H and O–H groups in total. The molecule has 17 heavy (non-hydrogen) atoms. The van der Waals surface area contributed by atoms with Gasteiger partial charge in [-0.2, -0.15) is 0 Å². The van der Waals surface area contributed by atoms with Gasteiger partial charge in [0.25, 0.3) is 0 Å². The summed E-state index contributed by atoms with van der Waals surface area (Å²) in [6.07, 6.45) is 3.64. The minimum Gasteiger partial charge on any atom is -0.320 e. The Morgan fingerprint density at radius 1 is 1.24 bits per heavy atom. The van der Waals surface area contributed by atoms with Crippen molar-refractivity contribution in [3.8, 4) is 0 Å². The van der Waals surface area contributed by atoms with Crippen molar-refractivity contribution < 1.29 is 0 Å². The van der Waals surface area contributed by atoms with E-state index in [2.05, 4.69) is 54.5 Å². The van der Waals surface area contributed by atoms with Crippen LogP contribution in [0.3, 0.4) is 0 Å². The molecule has 0 aliphatic rings. The summed E-state index contributed by atoms with van der Waals surface area (Å²) in [5.41, 5.74) is 1.45. The fourth-order valence-electron chi connectivity index (χ4n) is 1.97. The third kappa shape index (κ3) is 5.85. The molecular weight excluding hydrogens is 208 g/mol. The van der Waals surface area contributed by atoms with E-state index < -0.39 is 0 Å². The summed E-state index contributed by atoms with van der Waals surface area (Å²) in [5, 5.41) is 3.19. The Kier molecular flexibility index (Phi) is 6.90. The maximum absolute atomic E-state index is 3.19. The molecule has 1 atom stereocenters. The van der Waals surface area contributed by atoms with Crippen molar-refractivity contribution in [1.82, 2.24) is 10.2 Å². The van der Waals surface area contributed by atoms with E-state index in [1.54, 1.807) is 0 Å². The molecule has 1 unspecified atom stereocenters. The highest BCUT2D eigenvalue weighted by Crippen LogP contribution is 2.08. The van der Waals surface area contributed by atoms with E-state index in [0.29, 0.717) is 6.04 Å². The molecule has 1 rings (SSSR count). The fraction of sp³-hybridized carbons (Fsp3) is 0.600. The van der Waals surface area contributed by atoms with Gasteiger partial charge in [-0.1, -0.05) is 30.3 Å². The van der Waals surface area contributed by atoms with Crippen LogP contribution < -0.4 is 5.32 Å². The first kappa shape index (κ1) is 14.2. The van der Waals surface area contributed by atoms with Crippen molar-refractivity contribution in [3.63, 3.8) is 0 Å². The van der Waals surface area contributed by atoms with Gasteiger partial charge in [0.05, 0.1) is 0 Å². The van der Waals surface area contributed by atoms with Crippen molar-refractivity contribution in [3.05, 3.63) is 35.9 Å². The summed E-state index contributed by atoms with van der Waals surface area (Å²) in [6.45, 7) is 4.61. The number of hydrogen-bond acceptors (Lipinski definition) is 2. The molecule has 0 aliphatic carbocycles. The maximum atomic E-state index is 3.19. The van der Waals surface area contributed by atoms with Gasteiger partial charge in [0, 0.05) is 6.04 Å². The Balaban J connectivity index is 2.22. The van der Waals surface area contributed by atoms with Gasteiger partial charge in [0.15, 0.2) is 0 Å². The van der Waals surface area contributed by atoms with E-state index in [1.165, 1.54) is 31.4 Å². The lowest BCUT2D eigenvalue weighted by atomic mass is 10.1. The van der Waals surface area contributed by atoms with Gasteiger partial charge < -0.3 is 10.2 Å². The second-order valence-electron chi connectivity index (χ2n) is 4.81. The van der Waals surface area contributed by atoms with Gasteiger partial charge in [-0.05, 0) is 58.9 Å². The van der Waals surface area contributed by atoms with Crippen LogP contribution in [-0.4, -0.2) is 38.1 Å². The number of nitrogens with zero attached hydrogens (tertiary/aromatic N) is 1. The summed E-state index contributed by atoms with van der Waals surface area (Å²) >= 11 is 0. The van der Waals surface area contributed by atoms with E-state index in [-0.39, 0.29) is 0 Å². The van der Waals surface area contributed by atoms with E-state index in [1.807, 2.05) is 7.05 Å². The van der Waals surface area contributed by atoms with Crippen LogP contribution in [0.5, 0.6) is 0 Å². The SMILES string of the molecule is CNCCCN(C)C(C)CCc1ccccc1. The van der Waals surface area contributed by atoms with Crippen LogP contribution in [0.2, 0.25) is 0 Å². The topological polar surface area (TPSA) is 15.3 Å². The number of nitrogens with one attached hydrogen (secondary N) is 1. The molecule has 2 heteroatoms. The van der Waals surface area contributed by atoms with Crippen molar-refractivity contribution >= 4 is 0 Å². The zero-order chi connectivity index (χ0) is 12.5. The highest BCUT2D eigenvalue weighted by Gasteiger charge is 2.08. The predicted molar refractivity (Wildman–Crippen MR) is 75.4 cm³/mol. The van der Waals surface area contributed by atoms with Gasteiger partial charge in [-0.15, -0.1) is 0 Å². The van der Waals surface area contributed by atoms with Crippen LogP contribution in [0.25, 0.3) is 0 Å². The van der Waals surface area contributed by atoms with E-state index in [9.17, 15) is 0 Å². The smallest absolute Gasteiger partial charge is 0.00670 e. The summed E-state index contributed by atoms with van der Waals surface area (Å²) in [5.74, 6) is 0. The van der Waals surface area contributed by atoms with Crippen LogP contribution >= 0.6 is 0 Å². The quantitative estimate of drug-likeness (QED) is 0.695. The second-order valence-corrected chi connectivity index (χ2v) is 4.81. The van der Waals surface area contributed by atoms with Crippen LogP contribution in [0.15, 0.2) is 30.3 Å². The summed E-state index contributed by atoms with van der Waals surface area (Å²) in [4.78, 5) is 2.46. The average Bonchev–Trinajstić information content (AvgIpc) is 2.37. The molecule has 0 amide bonds.